The topological polar surface area (TPSA) is 44.8 Å². The summed E-state index contributed by atoms with van der Waals surface area (Å²) in [5, 5.41) is 0. The lowest BCUT2D eigenvalue weighted by atomic mass is 10.1. The van der Waals surface area contributed by atoms with Crippen LogP contribution in [0.4, 0.5) is 0 Å². The van der Waals surface area contributed by atoms with Crippen LogP contribution in [0.25, 0.3) is 0 Å². The van der Waals surface area contributed by atoms with Crippen LogP contribution in [0.5, 0.6) is 17.2 Å². The highest BCUT2D eigenvalue weighted by molar-refractivity contribution is 5.76. The molecule has 122 valence electrons. The van der Waals surface area contributed by atoms with Crippen molar-refractivity contribution in [3.05, 3.63) is 53.1 Å². The van der Waals surface area contributed by atoms with Gasteiger partial charge in [0, 0.05) is 5.56 Å². The van der Waals surface area contributed by atoms with E-state index in [-0.39, 0.29) is 0 Å². The minimum Gasteiger partial charge on any atom is -0.490 e. The van der Waals surface area contributed by atoms with Crippen molar-refractivity contribution in [2.45, 2.75) is 20.8 Å². The van der Waals surface area contributed by atoms with Crippen LogP contribution >= 0.6 is 0 Å². The number of ether oxygens (including phenoxy) is 3. The summed E-state index contributed by atoms with van der Waals surface area (Å²) in [5.41, 5.74) is 3.00. The number of aryl methyl sites for hydroxylation is 2. The van der Waals surface area contributed by atoms with E-state index >= 15 is 0 Å². The molecule has 0 saturated heterocycles. The van der Waals surface area contributed by atoms with Crippen LogP contribution in [-0.4, -0.2) is 26.1 Å². The van der Waals surface area contributed by atoms with Crippen molar-refractivity contribution >= 4 is 6.29 Å². The van der Waals surface area contributed by atoms with Gasteiger partial charge in [0.25, 0.3) is 0 Å². The molecule has 2 aromatic rings. The van der Waals surface area contributed by atoms with Crippen molar-refractivity contribution in [1.29, 1.82) is 0 Å². The van der Waals surface area contributed by atoms with Gasteiger partial charge in [0.05, 0.1) is 6.61 Å². The number of rotatable bonds is 8. The number of hydrogen-bond donors (Lipinski definition) is 0. The van der Waals surface area contributed by atoms with Crippen LogP contribution in [-0.2, 0) is 0 Å². The number of hydrogen-bond acceptors (Lipinski definition) is 4. The van der Waals surface area contributed by atoms with Crippen molar-refractivity contribution in [2.75, 3.05) is 19.8 Å². The van der Waals surface area contributed by atoms with E-state index in [2.05, 4.69) is 13.8 Å². The lowest BCUT2D eigenvalue weighted by Crippen LogP contribution is -2.10. The Bertz CT molecular complexity index is 664. The van der Waals surface area contributed by atoms with Crippen molar-refractivity contribution in [3.8, 4) is 17.2 Å². The van der Waals surface area contributed by atoms with Gasteiger partial charge in [-0.25, -0.2) is 0 Å². The first-order chi connectivity index (χ1) is 11.1. The number of aldehydes is 1. The minimum absolute atomic E-state index is 0.396. The lowest BCUT2D eigenvalue weighted by molar-refractivity contribution is 0.112. The van der Waals surface area contributed by atoms with Gasteiger partial charge in [-0.15, -0.1) is 0 Å². The molecule has 4 heteroatoms. The molecule has 0 amide bonds. The van der Waals surface area contributed by atoms with Gasteiger partial charge in [-0.2, -0.15) is 0 Å². The Hall–Kier alpha value is -2.49. The molecule has 0 spiro atoms. The monoisotopic (exact) mass is 314 g/mol. The third-order valence-electron chi connectivity index (χ3n) is 3.49. The normalized spacial score (nSPS) is 10.2. The summed E-state index contributed by atoms with van der Waals surface area (Å²) in [7, 11) is 0. The summed E-state index contributed by atoms with van der Waals surface area (Å²) < 4.78 is 16.9. The van der Waals surface area contributed by atoms with E-state index < -0.39 is 0 Å². The van der Waals surface area contributed by atoms with E-state index in [9.17, 15) is 4.79 Å². The summed E-state index contributed by atoms with van der Waals surface area (Å²) in [6.07, 6.45) is 0.787. The van der Waals surface area contributed by atoms with Crippen molar-refractivity contribution in [2.24, 2.45) is 0 Å². The standard InChI is InChI=1S/C19H22O4/c1-4-21-19-12-16(13-20)6-8-18(19)23-10-9-22-17-7-5-14(2)15(3)11-17/h5-8,11-13H,4,9-10H2,1-3H3. The third-order valence-corrected chi connectivity index (χ3v) is 3.49. The Morgan fingerprint density at radius 2 is 1.65 bits per heavy atom. The highest BCUT2D eigenvalue weighted by atomic mass is 16.5. The molecule has 0 unspecified atom stereocenters. The molecule has 0 aliphatic carbocycles. The summed E-state index contributed by atoms with van der Waals surface area (Å²) >= 11 is 0. The summed E-state index contributed by atoms with van der Waals surface area (Å²) in [4.78, 5) is 10.8. The average molecular weight is 314 g/mol. The van der Waals surface area contributed by atoms with E-state index in [1.165, 1.54) is 11.1 Å². The fourth-order valence-electron chi connectivity index (χ4n) is 2.10. The van der Waals surface area contributed by atoms with Gasteiger partial charge in [0.15, 0.2) is 11.5 Å². The minimum atomic E-state index is 0.396. The first kappa shape index (κ1) is 16.9. The van der Waals surface area contributed by atoms with Gasteiger partial charge >= 0.3 is 0 Å². The van der Waals surface area contributed by atoms with Crippen molar-refractivity contribution < 1.29 is 19.0 Å². The van der Waals surface area contributed by atoms with Gasteiger partial charge in [0.2, 0.25) is 0 Å². The third kappa shape index (κ3) is 4.74. The predicted molar refractivity (Wildman–Crippen MR) is 89.9 cm³/mol. The van der Waals surface area contributed by atoms with Crippen LogP contribution in [0.3, 0.4) is 0 Å². The van der Waals surface area contributed by atoms with Crippen LogP contribution in [0.2, 0.25) is 0 Å². The molecule has 0 aliphatic rings. The molecule has 0 bridgehead atoms. The lowest BCUT2D eigenvalue weighted by Gasteiger charge is -2.13. The fourth-order valence-corrected chi connectivity index (χ4v) is 2.10. The molecule has 0 saturated carbocycles. The molecule has 2 rings (SSSR count). The van der Waals surface area contributed by atoms with Gasteiger partial charge in [-0.3, -0.25) is 4.79 Å². The van der Waals surface area contributed by atoms with E-state index in [1.807, 2.05) is 25.1 Å². The Balaban J connectivity index is 1.90. The molecule has 0 heterocycles. The molecular formula is C19H22O4. The Morgan fingerprint density at radius 1 is 0.870 bits per heavy atom. The van der Waals surface area contributed by atoms with Crippen LogP contribution in [0.15, 0.2) is 36.4 Å². The average Bonchev–Trinajstić information content (AvgIpc) is 2.56. The first-order valence-electron chi connectivity index (χ1n) is 7.69. The summed E-state index contributed by atoms with van der Waals surface area (Å²) in [5.74, 6) is 2.02. The zero-order valence-electron chi connectivity index (χ0n) is 13.8. The molecule has 0 radical (unpaired) electrons. The van der Waals surface area contributed by atoms with Gasteiger partial charge < -0.3 is 14.2 Å². The molecule has 4 nitrogen and oxygen atoms in total. The zero-order chi connectivity index (χ0) is 16.7. The maximum absolute atomic E-state index is 10.8. The molecular weight excluding hydrogens is 292 g/mol. The van der Waals surface area contributed by atoms with Crippen LogP contribution in [0.1, 0.15) is 28.4 Å². The van der Waals surface area contributed by atoms with E-state index in [0.29, 0.717) is 36.9 Å². The second kappa shape index (κ2) is 8.22. The van der Waals surface area contributed by atoms with E-state index in [4.69, 9.17) is 14.2 Å². The van der Waals surface area contributed by atoms with Gasteiger partial charge in [-0.1, -0.05) is 6.07 Å². The largest absolute Gasteiger partial charge is 0.490 e. The molecule has 2 aromatic carbocycles. The summed E-state index contributed by atoms with van der Waals surface area (Å²) in [6, 6.07) is 11.1. The molecule has 0 aromatic heterocycles. The Kier molecular flexibility index (Phi) is 6.03. The fraction of sp³-hybridized carbons (Fsp3) is 0.316. The highest BCUT2D eigenvalue weighted by Gasteiger charge is 2.06. The van der Waals surface area contributed by atoms with Crippen molar-refractivity contribution in [1.82, 2.24) is 0 Å². The second-order valence-corrected chi connectivity index (χ2v) is 5.20. The van der Waals surface area contributed by atoms with Crippen molar-refractivity contribution in [3.63, 3.8) is 0 Å². The Labute approximate surface area is 137 Å². The van der Waals surface area contributed by atoms with Gasteiger partial charge in [0.1, 0.15) is 25.2 Å². The van der Waals surface area contributed by atoms with Gasteiger partial charge in [-0.05, 0) is 62.2 Å². The van der Waals surface area contributed by atoms with E-state index in [0.717, 1.165) is 12.0 Å². The molecule has 23 heavy (non-hydrogen) atoms. The quantitative estimate of drug-likeness (QED) is 0.546. The maximum atomic E-state index is 10.8. The van der Waals surface area contributed by atoms with Crippen LogP contribution < -0.4 is 14.2 Å². The second-order valence-electron chi connectivity index (χ2n) is 5.20. The molecule has 0 aliphatic heterocycles. The first-order valence-corrected chi connectivity index (χ1v) is 7.69. The highest BCUT2D eigenvalue weighted by Crippen LogP contribution is 2.28. The summed E-state index contributed by atoms with van der Waals surface area (Å²) in [6.45, 7) is 7.36. The number of carbonyl (C=O) groups is 1. The molecule has 0 atom stereocenters. The number of carbonyl (C=O) groups excluding carboxylic acids is 1. The maximum Gasteiger partial charge on any atom is 0.161 e. The van der Waals surface area contributed by atoms with E-state index in [1.54, 1.807) is 18.2 Å². The molecule has 0 N–H and O–H groups in total. The predicted octanol–water partition coefficient (Wildman–Crippen LogP) is 3.97. The SMILES string of the molecule is CCOc1cc(C=O)ccc1OCCOc1ccc(C)c(C)c1. The zero-order valence-corrected chi connectivity index (χ0v) is 13.8. The van der Waals surface area contributed by atoms with Crippen LogP contribution in [0, 0.1) is 13.8 Å². The Morgan fingerprint density at radius 3 is 2.35 bits per heavy atom. The smallest absolute Gasteiger partial charge is 0.161 e. The molecule has 0 fully saturated rings. The number of benzene rings is 2.